The van der Waals surface area contributed by atoms with E-state index in [-0.39, 0.29) is 0 Å². The van der Waals surface area contributed by atoms with Gasteiger partial charge in [-0.05, 0) is 44.6 Å². The molecule has 0 aliphatic carbocycles. The molecule has 1 fully saturated rings. The fourth-order valence-electron chi connectivity index (χ4n) is 2.90. The fourth-order valence-corrected chi connectivity index (χ4v) is 3.43. The van der Waals surface area contributed by atoms with E-state index in [1.165, 1.54) is 24.0 Å². The number of benzene rings is 1. The minimum Gasteiger partial charge on any atom is -0.340 e. The zero-order valence-corrected chi connectivity index (χ0v) is 13.9. The van der Waals surface area contributed by atoms with Crippen LogP contribution in [-0.2, 0) is 11.2 Å². The Kier molecular flexibility index (Phi) is 6.08. The van der Waals surface area contributed by atoms with E-state index in [4.69, 9.17) is 0 Å². The quantitative estimate of drug-likeness (QED) is 0.741. The highest BCUT2D eigenvalue weighted by Gasteiger charge is 2.25. The Morgan fingerprint density at radius 2 is 2.05 bits per heavy atom. The molecule has 1 amide bonds. The molecule has 1 aliphatic heterocycles. The molecule has 0 spiro atoms. The van der Waals surface area contributed by atoms with Crippen molar-refractivity contribution in [1.82, 2.24) is 4.90 Å². The molecular weight excluding hydrogens is 314 g/mol. The maximum Gasteiger partial charge on any atom is 0.223 e. The summed E-state index contributed by atoms with van der Waals surface area (Å²) in [5.41, 5.74) is 2.53. The van der Waals surface area contributed by atoms with Crippen LogP contribution in [0.25, 0.3) is 0 Å². The number of nitrogens with zero attached hydrogens (tertiary/aromatic N) is 1. The predicted octanol–water partition coefficient (Wildman–Crippen LogP) is 4.09. The number of likely N-dealkylation sites (tertiary alicyclic amines) is 1. The molecule has 2 rings (SSSR count). The van der Waals surface area contributed by atoms with Crippen LogP contribution in [0.2, 0.25) is 0 Å². The minimum atomic E-state index is 0.330. The zero-order chi connectivity index (χ0) is 14.4. The molecule has 0 radical (unpaired) electrons. The highest BCUT2D eigenvalue weighted by molar-refractivity contribution is 9.09. The van der Waals surface area contributed by atoms with Crippen LogP contribution in [-0.4, -0.2) is 28.7 Å². The van der Waals surface area contributed by atoms with Crippen molar-refractivity contribution >= 4 is 21.8 Å². The molecule has 1 saturated heterocycles. The summed E-state index contributed by atoms with van der Waals surface area (Å²) in [7, 11) is 0. The summed E-state index contributed by atoms with van der Waals surface area (Å²) in [4.78, 5) is 14.6. The Balaban J connectivity index is 1.88. The van der Waals surface area contributed by atoms with Gasteiger partial charge in [0.1, 0.15) is 0 Å². The zero-order valence-electron chi connectivity index (χ0n) is 12.3. The molecule has 1 aliphatic rings. The van der Waals surface area contributed by atoms with Gasteiger partial charge in [0, 0.05) is 24.3 Å². The molecule has 1 heterocycles. The third kappa shape index (κ3) is 4.34. The molecule has 0 saturated carbocycles. The number of carbonyl (C=O) groups is 1. The third-order valence-corrected chi connectivity index (χ3v) is 4.60. The predicted molar refractivity (Wildman–Crippen MR) is 87.3 cm³/mol. The lowest BCUT2D eigenvalue weighted by Crippen LogP contribution is -2.44. The van der Waals surface area contributed by atoms with E-state index in [1.54, 1.807) is 0 Å². The lowest BCUT2D eigenvalue weighted by molar-refractivity contribution is -0.134. The Hall–Kier alpha value is -0.830. The van der Waals surface area contributed by atoms with Crippen LogP contribution >= 0.6 is 15.9 Å². The summed E-state index contributed by atoms with van der Waals surface area (Å²) in [6.07, 6.45) is 6.17. The van der Waals surface area contributed by atoms with Gasteiger partial charge >= 0.3 is 0 Å². The summed E-state index contributed by atoms with van der Waals surface area (Å²) in [6.45, 7) is 3.04. The first-order chi connectivity index (χ1) is 9.70. The number of aryl methyl sites for hydroxylation is 2. The lowest BCUT2D eigenvalue weighted by atomic mass is 9.99. The normalized spacial score (nSPS) is 19.1. The average Bonchev–Trinajstić information content (AvgIpc) is 2.47. The van der Waals surface area contributed by atoms with Gasteiger partial charge in [-0.25, -0.2) is 0 Å². The number of hydrogen-bond acceptors (Lipinski definition) is 1. The Bertz CT molecular complexity index is 427. The first-order valence-corrected chi connectivity index (χ1v) is 8.74. The average molecular weight is 338 g/mol. The second kappa shape index (κ2) is 7.82. The van der Waals surface area contributed by atoms with Crippen molar-refractivity contribution in [2.24, 2.45) is 0 Å². The number of alkyl halides is 1. The summed E-state index contributed by atoms with van der Waals surface area (Å²) in [5.74, 6) is 0.330. The van der Waals surface area contributed by atoms with E-state index in [2.05, 4.69) is 52.0 Å². The molecule has 0 bridgehead atoms. The Morgan fingerprint density at radius 1 is 1.30 bits per heavy atom. The van der Waals surface area contributed by atoms with E-state index in [1.807, 2.05) is 0 Å². The number of amides is 1. The molecule has 20 heavy (non-hydrogen) atoms. The van der Waals surface area contributed by atoms with Crippen LogP contribution in [0.5, 0.6) is 0 Å². The van der Waals surface area contributed by atoms with Gasteiger partial charge in [0.25, 0.3) is 0 Å². The van der Waals surface area contributed by atoms with Gasteiger partial charge in [-0.3, -0.25) is 4.79 Å². The topological polar surface area (TPSA) is 20.3 Å². The molecule has 3 heteroatoms. The Morgan fingerprint density at radius 3 is 2.75 bits per heavy atom. The number of hydrogen-bond donors (Lipinski definition) is 0. The smallest absolute Gasteiger partial charge is 0.223 e. The molecule has 1 aromatic rings. The fraction of sp³-hybridized carbons (Fsp3) is 0.588. The number of rotatable bonds is 5. The first kappa shape index (κ1) is 15.6. The standard InChI is InChI=1S/C17H24BrNO/c1-14-5-7-15(8-6-14)9-10-17(20)19-13-3-2-4-16(19)11-12-18/h5-8,16H,2-4,9-13H2,1H3. The van der Waals surface area contributed by atoms with Crippen molar-refractivity contribution in [1.29, 1.82) is 0 Å². The van der Waals surface area contributed by atoms with Crippen LogP contribution in [0.1, 0.15) is 43.2 Å². The maximum atomic E-state index is 12.4. The van der Waals surface area contributed by atoms with E-state index < -0.39 is 0 Å². The third-order valence-electron chi connectivity index (χ3n) is 4.14. The summed E-state index contributed by atoms with van der Waals surface area (Å²) in [6, 6.07) is 8.96. The van der Waals surface area contributed by atoms with Gasteiger partial charge in [0.05, 0.1) is 0 Å². The summed E-state index contributed by atoms with van der Waals surface area (Å²) < 4.78 is 0. The van der Waals surface area contributed by atoms with Crippen molar-refractivity contribution in [3.63, 3.8) is 0 Å². The minimum absolute atomic E-state index is 0.330. The van der Waals surface area contributed by atoms with Crippen molar-refractivity contribution in [2.45, 2.75) is 51.5 Å². The highest BCUT2D eigenvalue weighted by atomic mass is 79.9. The molecule has 1 atom stereocenters. The van der Waals surface area contributed by atoms with Gasteiger partial charge in [-0.2, -0.15) is 0 Å². The van der Waals surface area contributed by atoms with Crippen LogP contribution in [0, 0.1) is 6.92 Å². The van der Waals surface area contributed by atoms with E-state index in [0.29, 0.717) is 18.4 Å². The lowest BCUT2D eigenvalue weighted by Gasteiger charge is -2.35. The summed E-state index contributed by atoms with van der Waals surface area (Å²) >= 11 is 3.51. The van der Waals surface area contributed by atoms with Gasteiger partial charge in [0.15, 0.2) is 0 Å². The molecule has 1 unspecified atom stereocenters. The molecule has 1 aromatic carbocycles. The van der Waals surface area contributed by atoms with Crippen molar-refractivity contribution in [3.05, 3.63) is 35.4 Å². The van der Waals surface area contributed by atoms with E-state index >= 15 is 0 Å². The number of piperidine rings is 1. The second-order valence-electron chi connectivity index (χ2n) is 5.70. The van der Waals surface area contributed by atoms with Crippen LogP contribution in [0.15, 0.2) is 24.3 Å². The van der Waals surface area contributed by atoms with Gasteiger partial charge in [0.2, 0.25) is 5.91 Å². The molecule has 2 nitrogen and oxygen atoms in total. The molecule has 110 valence electrons. The van der Waals surface area contributed by atoms with Crippen molar-refractivity contribution in [3.8, 4) is 0 Å². The Labute approximate surface area is 130 Å². The largest absolute Gasteiger partial charge is 0.340 e. The van der Waals surface area contributed by atoms with Crippen molar-refractivity contribution < 1.29 is 4.79 Å². The highest BCUT2D eigenvalue weighted by Crippen LogP contribution is 2.21. The molecule has 0 aromatic heterocycles. The molecular formula is C17H24BrNO. The van der Waals surface area contributed by atoms with Crippen LogP contribution in [0.4, 0.5) is 0 Å². The van der Waals surface area contributed by atoms with E-state index in [9.17, 15) is 4.79 Å². The monoisotopic (exact) mass is 337 g/mol. The van der Waals surface area contributed by atoms with Crippen molar-refractivity contribution in [2.75, 3.05) is 11.9 Å². The van der Waals surface area contributed by atoms with Gasteiger partial charge in [-0.1, -0.05) is 45.8 Å². The number of carbonyl (C=O) groups excluding carboxylic acids is 1. The first-order valence-electron chi connectivity index (χ1n) is 7.61. The van der Waals surface area contributed by atoms with Crippen LogP contribution < -0.4 is 0 Å². The second-order valence-corrected chi connectivity index (χ2v) is 6.49. The van der Waals surface area contributed by atoms with Gasteiger partial charge < -0.3 is 4.90 Å². The number of halogens is 1. The summed E-state index contributed by atoms with van der Waals surface area (Å²) in [5, 5.41) is 0.986. The van der Waals surface area contributed by atoms with E-state index in [0.717, 1.165) is 31.1 Å². The van der Waals surface area contributed by atoms with Crippen LogP contribution in [0.3, 0.4) is 0 Å². The maximum absolute atomic E-state index is 12.4. The molecule has 0 N–H and O–H groups in total. The van der Waals surface area contributed by atoms with Gasteiger partial charge in [-0.15, -0.1) is 0 Å². The SMILES string of the molecule is Cc1ccc(CCC(=O)N2CCCCC2CCBr)cc1.